The van der Waals surface area contributed by atoms with Crippen LogP contribution in [-0.4, -0.2) is 49.6 Å². The quantitative estimate of drug-likeness (QED) is 0.337. The first-order chi connectivity index (χ1) is 16.5. The summed E-state index contributed by atoms with van der Waals surface area (Å²) in [5, 5.41) is 1.23. The molecule has 0 saturated heterocycles. The Bertz CT molecular complexity index is 1170. The molecule has 2 heterocycles. The highest BCUT2D eigenvalue weighted by molar-refractivity contribution is 6.32. The minimum Gasteiger partial charge on any atom is -0.463 e. The molecule has 0 bridgehead atoms. The Morgan fingerprint density at radius 3 is 2.77 bits per heavy atom. The minimum absolute atomic E-state index is 0.0832. The number of aliphatic imine (C=N–C) groups is 1. The van der Waals surface area contributed by atoms with Crippen LogP contribution in [0.4, 0.5) is 28.0 Å². The summed E-state index contributed by atoms with van der Waals surface area (Å²) in [4.78, 5) is 40.3. The van der Waals surface area contributed by atoms with Crippen LogP contribution in [0.5, 0.6) is 5.75 Å². The topological polar surface area (TPSA) is 107 Å². The molecule has 14 heteroatoms. The van der Waals surface area contributed by atoms with Gasteiger partial charge in [-0.15, -0.1) is 0 Å². The predicted molar refractivity (Wildman–Crippen MR) is 113 cm³/mol. The van der Waals surface area contributed by atoms with Gasteiger partial charge < -0.3 is 19.5 Å². The number of halogens is 5. The van der Waals surface area contributed by atoms with Gasteiger partial charge in [-0.1, -0.05) is 17.5 Å². The molecule has 9 nitrogen and oxygen atoms in total. The van der Waals surface area contributed by atoms with E-state index in [1.54, 1.807) is 18.8 Å². The number of carbonyl (C=O) groups is 3. The first-order valence-corrected chi connectivity index (χ1v) is 10.3. The van der Waals surface area contributed by atoms with Crippen molar-refractivity contribution in [3.8, 4) is 17.6 Å². The van der Waals surface area contributed by atoms with Crippen molar-refractivity contribution in [1.29, 1.82) is 0 Å². The van der Waals surface area contributed by atoms with Crippen molar-refractivity contribution in [1.82, 2.24) is 5.32 Å². The molecule has 2 aliphatic heterocycles. The number of benzene rings is 1. The summed E-state index contributed by atoms with van der Waals surface area (Å²) in [6.45, 7) is 1.28. The normalized spacial score (nSPS) is 17.9. The Labute approximate surface area is 200 Å². The summed E-state index contributed by atoms with van der Waals surface area (Å²) in [6.07, 6.45) is -2.82. The Morgan fingerprint density at radius 2 is 2.09 bits per heavy atom. The first kappa shape index (κ1) is 25.8. The van der Waals surface area contributed by atoms with Crippen LogP contribution in [0.2, 0.25) is 5.02 Å². The number of esters is 1. The van der Waals surface area contributed by atoms with Crippen molar-refractivity contribution in [3.05, 3.63) is 34.6 Å². The van der Waals surface area contributed by atoms with E-state index >= 15 is 0 Å². The third-order valence-corrected chi connectivity index (χ3v) is 4.68. The minimum atomic E-state index is -4.96. The standard InChI is InChI=1S/C21H16ClF4N3O6/c1-2-33-18(31)10-34-19-14(4-3-7-27-19)35-15-9-13(12(23)8-11(15)22)29-17(30)6-5-16(21(24,25)26)28-20(29)32/h7-9,16H,2-4,10H2,1H3,(H,28,32). The Hall–Kier alpha value is -3.79. The van der Waals surface area contributed by atoms with E-state index in [1.165, 1.54) is 11.5 Å². The number of imide groups is 1. The van der Waals surface area contributed by atoms with E-state index in [1.807, 2.05) is 0 Å². The van der Waals surface area contributed by atoms with Gasteiger partial charge >= 0.3 is 24.1 Å². The lowest BCUT2D eigenvalue weighted by Crippen LogP contribution is -2.50. The number of rotatable bonds is 7. The lowest BCUT2D eigenvalue weighted by atomic mass is 10.2. The number of urea groups is 1. The first-order valence-electron chi connectivity index (χ1n) is 9.95. The number of alkyl halides is 3. The van der Waals surface area contributed by atoms with Crippen LogP contribution in [0.3, 0.4) is 0 Å². The highest BCUT2D eigenvalue weighted by atomic mass is 35.5. The van der Waals surface area contributed by atoms with Gasteiger partial charge in [0.1, 0.15) is 11.6 Å². The lowest BCUT2D eigenvalue weighted by molar-refractivity contribution is -0.147. The number of amides is 3. The molecule has 35 heavy (non-hydrogen) atoms. The SMILES string of the molecule is CCOC(=O)COC1=C(Oc2cc(N3C(=O)C#CC(C(F)(F)F)NC3=O)c(F)cc2Cl)CCC=N1. The summed E-state index contributed by atoms with van der Waals surface area (Å²) in [5.74, 6) is -0.272. The van der Waals surface area contributed by atoms with Crippen LogP contribution < -0.4 is 15.0 Å². The number of nitrogens with one attached hydrogen (secondary N) is 1. The molecule has 1 aromatic rings. The molecular weight excluding hydrogens is 502 g/mol. The van der Waals surface area contributed by atoms with Gasteiger partial charge in [0.25, 0.3) is 5.88 Å². The smallest absolute Gasteiger partial charge is 0.420 e. The molecule has 0 aliphatic carbocycles. The molecule has 0 radical (unpaired) electrons. The summed E-state index contributed by atoms with van der Waals surface area (Å²) < 4.78 is 69.3. The maximum atomic E-state index is 14.7. The number of ether oxygens (including phenoxy) is 3. The van der Waals surface area contributed by atoms with Crippen molar-refractivity contribution < 1.29 is 46.2 Å². The van der Waals surface area contributed by atoms with Crippen LogP contribution in [0.25, 0.3) is 0 Å². The van der Waals surface area contributed by atoms with Crippen LogP contribution in [0.15, 0.2) is 28.8 Å². The molecule has 186 valence electrons. The van der Waals surface area contributed by atoms with Crippen molar-refractivity contribution in [2.75, 3.05) is 18.1 Å². The zero-order valence-corrected chi connectivity index (χ0v) is 18.6. The molecule has 3 amide bonds. The van der Waals surface area contributed by atoms with Gasteiger partial charge in [0, 0.05) is 18.7 Å². The predicted octanol–water partition coefficient (Wildman–Crippen LogP) is 3.46. The summed E-state index contributed by atoms with van der Waals surface area (Å²) in [5.41, 5.74) is -0.752. The fourth-order valence-corrected chi connectivity index (χ4v) is 3.04. The van der Waals surface area contributed by atoms with E-state index in [4.69, 9.17) is 25.8 Å². The van der Waals surface area contributed by atoms with Crippen molar-refractivity contribution in [2.24, 2.45) is 4.99 Å². The molecule has 0 fully saturated rings. The fourth-order valence-electron chi connectivity index (χ4n) is 2.85. The highest BCUT2D eigenvalue weighted by Gasteiger charge is 2.43. The molecular formula is C21H16ClF4N3O6. The molecule has 1 aromatic carbocycles. The van der Waals surface area contributed by atoms with Crippen LogP contribution >= 0.6 is 11.6 Å². The number of anilines is 1. The van der Waals surface area contributed by atoms with Gasteiger partial charge in [0.15, 0.2) is 18.4 Å². The summed E-state index contributed by atoms with van der Waals surface area (Å²) in [7, 11) is 0. The number of allylic oxidation sites excluding steroid dienone is 1. The maximum absolute atomic E-state index is 14.7. The van der Waals surface area contributed by atoms with E-state index in [0.29, 0.717) is 12.5 Å². The number of nitrogens with zero attached hydrogens (tertiary/aromatic N) is 2. The second-order valence-corrected chi connectivity index (χ2v) is 7.25. The van der Waals surface area contributed by atoms with Gasteiger partial charge in [0.05, 0.1) is 17.3 Å². The second kappa shape index (κ2) is 10.6. The van der Waals surface area contributed by atoms with Gasteiger partial charge in [-0.25, -0.2) is 23.9 Å². The molecule has 0 saturated carbocycles. The largest absolute Gasteiger partial charge is 0.463 e. The Morgan fingerprint density at radius 1 is 1.34 bits per heavy atom. The van der Waals surface area contributed by atoms with Crippen LogP contribution in [0.1, 0.15) is 19.8 Å². The zero-order valence-electron chi connectivity index (χ0n) is 17.9. The summed E-state index contributed by atoms with van der Waals surface area (Å²) >= 11 is 6.04. The third kappa shape index (κ3) is 6.21. The van der Waals surface area contributed by atoms with Gasteiger partial charge in [-0.2, -0.15) is 13.2 Å². The third-order valence-electron chi connectivity index (χ3n) is 4.38. The maximum Gasteiger partial charge on any atom is 0.420 e. The van der Waals surface area contributed by atoms with Crippen molar-refractivity contribution in [2.45, 2.75) is 32.0 Å². The summed E-state index contributed by atoms with van der Waals surface area (Å²) in [6, 6.07) is -2.64. The average Bonchev–Trinajstić information content (AvgIpc) is 2.93. The van der Waals surface area contributed by atoms with Gasteiger partial charge in [-0.3, -0.25) is 4.79 Å². The highest BCUT2D eigenvalue weighted by Crippen LogP contribution is 2.36. The second-order valence-electron chi connectivity index (χ2n) is 6.84. The average molecular weight is 518 g/mol. The van der Waals surface area contributed by atoms with Gasteiger partial charge in [0.2, 0.25) is 0 Å². The zero-order chi connectivity index (χ0) is 25.8. The molecule has 3 rings (SSSR count). The molecule has 1 N–H and O–H groups in total. The van der Waals surface area contributed by atoms with E-state index in [2.05, 4.69) is 4.99 Å². The van der Waals surface area contributed by atoms with E-state index < -0.39 is 48.2 Å². The monoisotopic (exact) mass is 517 g/mol. The van der Waals surface area contributed by atoms with E-state index in [9.17, 15) is 31.9 Å². The molecule has 0 aromatic heterocycles. The Kier molecular flexibility index (Phi) is 7.85. The Balaban J connectivity index is 1.91. The van der Waals surface area contributed by atoms with E-state index in [-0.39, 0.29) is 40.3 Å². The molecule has 0 spiro atoms. The number of hydrogen-bond acceptors (Lipinski definition) is 7. The fraction of sp³-hybridized carbons (Fsp3) is 0.333. The molecule has 1 unspecified atom stereocenters. The van der Waals surface area contributed by atoms with Gasteiger partial charge in [-0.05, 0) is 25.3 Å². The van der Waals surface area contributed by atoms with Crippen LogP contribution in [-0.2, 0) is 19.1 Å². The van der Waals surface area contributed by atoms with Crippen molar-refractivity contribution >= 4 is 41.4 Å². The van der Waals surface area contributed by atoms with Crippen LogP contribution in [0, 0.1) is 17.7 Å². The number of hydrogen-bond donors (Lipinski definition) is 1. The lowest BCUT2D eigenvalue weighted by Gasteiger charge is -2.22. The van der Waals surface area contributed by atoms with E-state index in [0.717, 1.165) is 6.07 Å². The number of carbonyl (C=O) groups excluding carboxylic acids is 3. The molecule has 2 aliphatic rings. The van der Waals surface area contributed by atoms with Crippen molar-refractivity contribution in [3.63, 3.8) is 0 Å². The molecule has 1 atom stereocenters.